The van der Waals surface area contributed by atoms with E-state index in [1.54, 1.807) is 6.08 Å². The molecule has 2 atom stereocenters. The molecular formula is C72H135NO5. The van der Waals surface area contributed by atoms with E-state index in [0.717, 1.165) is 51.4 Å². The van der Waals surface area contributed by atoms with Gasteiger partial charge >= 0.3 is 5.97 Å². The molecule has 1 amide bonds. The van der Waals surface area contributed by atoms with Crippen LogP contribution in [0.15, 0.2) is 48.6 Å². The molecule has 6 heteroatoms. The van der Waals surface area contributed by atoms with E-state index in [9.17, 15) is 19.8 Å². The first-order chi connectivity index (χ1) is 38.5. The average molecular weight is 1090 g/mol. The molecule has 0 bridgehead atoms. The van der Waals surface area contributed by atoms with Crippen LogP contribution in [-0.2, 0) is 14.3 Å². The van der Waals surface area contributed by atoms with Gasteiger partial charge in [-0.15, -0.1) is 0 Å². The molecule has 6 nitrogen and oxygen atoms in total. The van der Waals surface area contributed by atoms with Crippen molar-refractivity contribution in [1.82, 2.24) is 5.32 Å². The van der Waals surface area contributed by atoms with Crippen LogP contribution in [0.5, 0.6) is 0 Å². The van der Waals surface area contributed by atoms with Crippen molar-refractivity contribution >= 4 is 11.9 Å². The highest BCUT2D eigenvalue weighted by atomic mass is 16.5. The van der Waals surface area contributed by atoms with Crippen molar-refractivity contribution in [2.75, 3.05) is 13.2 Å². The molecular weight excluding hydrogens is 959 g/mol. The number of ether oxygens (including phenoxy) is 1. The molecule has 0 aromatic rings. The smallest absolute Gasteiger partial charge is 0.305 e. The first kappa shape index (κ1) is 75.8. The molecule has 0 heterocycles. The molecule has 0 aliphatic carbocycles. The second-order valence-corrected chi connectivity index (χ2v) is 23.9. The summed E-state index contributed by atoms with van der Waals surface area (Å²) in [5.41, 5.74) is 0. The molecule has 3 N–H and O–H groups in total. The summed E-state index contributed by atoms with van der Waals surface area (Å²) in [6.07, 6.45) is 87.6. The third-order valence-corrected chi connectivity index (χ3v) is 16.1. The fraction of sp³-hybridized carbons (Fsp3) is 0.861. The second-order valence-electron chi connectivity index (χ2n) is 23.9. The largest absolute Gasteiger partial charge is 0.466 e. The first-order valence-electron chi connectivity index (χ1n) is 34.9. The molecule has 78 heavy (non-hydrogen) atoms. The van der Waals surface area contributed by atoms with E-state index in [4.69, 9.17) is 4.74 Å². The second kappa shape index (κ2) is 67.3. The van der Waals surface area contributed by atoms with E-state index in [1.165, 1.54) is 295 Å². The van der Waals surface area contributed by atoms with Crippen LogP contribution in [0, 0.1) is 0 Å². The number of unbranched alkanes of at least 4 members (excludes halogenated alkanes) is 48. The molecule has 0 rings (SSSR count). The summed E-state index contributed by atoms with van der Waals surface area (Å²) in [6.45, 7) is 4.89. The molecule has 458 valence electrons. The fourth-order valence-corrected chi connectivity index (χ4v) is 10.7. The lowest BCUT2D eigenvalue weighted by atomic mass is 10.0. The lowest BCUT2D eigenvalue weighted by Crippen LogP contribution is -2.45. The minimum Gasteiger partial charge on any atom is -0.466 e. The zero-order valence-corrected chi connectivity index (χ0v) is 52.4. The van der Waals surface area contributed by atoms with Gasteiger partial charge in [-0.2, -0.15) is 0 Å². The van der Waals surface area contributed by atoms with E-state index >= 15 is 0 Å². The third-order valence-electron chi connectivity index (χ3n) is 16.1. The van der Waals surface area contributed by atoms with Crippen molar-refractivity contribution in [1.29, 1.82) is 0 Å². The maximum Gasteiger partial charge on any atom is 0.305 e. The number of hydrogen-bond acceptors (Lipinski definition) is 5. The van der Waals surface area contributed by atoms with Gasteiger partial charge in [0, 0.05) is 12.8 Å². The van der Waals surface area contributed by atoms with E-state index in [1.807, 2.05) is 6.08 Å². The topological polar surface area (TPSA) is 95.9 Å². The van der Waals surface area contributed by atoms with Gasteiger partial charge in [-0.1, -0.05) is 326 Å². The van der Waals surface area contributed by atoms with Crippen LogP contribution in [-0.4, -0.2) is 47.4 Å². The van der Waals surface area contributed by atoms with E-state index in [2.05, 4.69) is 55.6 Å². The highest BCUT2D eigenvalue weighted by Crippen LogP contribution is 2.18. The molecule has 2 unspecified atom stereocenters. The molecule has 0 saturated carbocycles. The summed E-state index contributed by atoms with van der Waals surface area (Å²) in [6, 6.07) is -0.629. The fourth-order valence-electron chi connectivity index (χ4n) is 10.7. The Morgan fingerprint density at radius 2 is 0.654 bits per heavy atom. The van der Waals surface area contributed by atoms with Crippen LogP contribution in [0.3, 0.4) is 0 Å². The van der Waals surface area contributed by atoms with Crippen LogP contribution < -0.4 is 5.32 Å². The van der Waals surface area contributed by atoms with Gasteiger partial charge < -0.3 is 20.3 Å². The number of hydrogen-bond donors (Lipinski definition) is 3. The SMILES string of the molecule is CCCC/C=C\CCCCCCCC(=O)OCCCCCCCCCCC/C=C\C/C=C\CCCCCCCCCCCCCCCCCC(=O)NC(CO)C(O)/C=C/CCCCCCCCCCCCCCCCCCC. The molecule has 0 spiro atoms. The Labute approximate surface area is 486 Å². The first-order valence-corrected chi connectivity index (χ1v) is 34.9. The number of carbonyl (C=O) groups is 2. The van der Waals surface area contributed by atoms with E-state index in [0.29, 0.717) is 19.4 Å². The van der Waals surface area contributed by atoms with Crippen LogP contribution >= 0.6 is 0 Å². The van der Waals surface area contributed by atoms with E-state index in [-0.39, 0.29) is 18.5 Å². The normalized spacial score (nSPS) is 12.8. The number of aliphatic hydroxyl groups is 2. The van der Waals surface area contributed by atoms with Gasteiger partial charge in [-0.05, 0) is 83.5 Å². The maximum absolute atomic E-state index is 12.5. The standard InChI is InChI=1S/C72H135NO5/c1-3-5-7-9-11-13-15-16-17-18-32-35-38-41-45-48-52-56-60-64-70(75)69(68-74)73-71(76)65-61-57-53-49-46-42-39-36-33-30-28-26-24-22-20-19-21-23-25-27-29-31-34-37-40-43-47-51-55-59-63-67-78-72(77)66-62-58-54-50-44-14-12-10-8-6-4-2/h10,12,21,23,27,29,60,64,69-70,74-75H,3-9,11,13-20,22,24-26,28,30-59,61-63,65-68H2,1-2H3,(H,73,76)/b12-10-,23-21-,29-27-,64-60+. The lowest BCUT2D eigenvalue weighted by molar-refractivity contribution is -0.143. The van der Waals surface area contributed by atoms with Crippen molar-refractivity contribution in [2.24, 2.45) is 0 Å². The van der Waals surface area contributed by atoms with Gasteiger partial charge in [-0.25, -0.2) is 0 Å². The van der Waals surface area contributed by atoms with E-state index < -0.39 is 12.1 Å². The Morgan fingerprint density at radius 3 is 1.03 bits per heavy atom. The molecule has 0 aromatic carbocycles. The molecule has 0 saturated heterocycles. The number of allylic oxidation sites excluding steroid dienone is 7. The quantitative estimate of drug-likeness (QED) is 0.0320. The molecule has 0 fully saturated rings. The zero-order chi connectivity index (χ0) is 56.4. The summed E-state index contributed by atoms with van der Waals surface area (Å²) >= 11 is 0. The van der Waals surface area contributed by atoms with Gasteiger partial charge in [0.1, 0.15) is 0 Å². The van der Waals surface area contributed by atoms with Gasteiger partial charge in [-0.3, -0.25) is 9.59 Å². The predicted molar refractivity (Wildman–Crippen MR) is 342 cm³/mol. The minimum absolute atomic E-state index is 0.00171. The number of amides is 1. The van der Waals surface area contributed by atoms with Crippen LogP contribution in [0.1, 0.15) is 373 Å². The van der Waals surface area contributed by atoms with Gasteiger partial charge in [0.25, 0.3) is 0 Å². The number of esters is 1. The Balaban J connectivity index is 3.43. The third kappa shape index (κ3) is 63.0. The van der Waals surface area contributed by atoms with Crippen LogP contribution in [0.4, 0.5) is 0 Å². The highest BCUT2D eigenvalue weighted by molar-refractivity contribution is 5.76. The predicted octanol–water partition coefficient (Wildman–Crippen LogP) is 22.5. The number of aliphatic hydroxyl groups excluding tert-OH is 2. The summed E-state index contributed by atoms with van der Waals surface area (Å²) in [7, 11) is 0. The Hall–Kier alpha value is -2.18. The highest BCUT2D eigenvalue weighted by Gasteiger charge is 2.18. The van der Waals surface area contributed by atoms with Crippen LogP contribution in [0.25, 0.3) is 0 Å². The Morgan fingerprint density at radius 1 is 0.359 bits per heavy atom. The number of carbonyl (C=O) groups excluding carboxylic acids is 2. The van der Waals surface area contributed by atoms with Gasteiger partial charge in [0.15, 0.2) is 0 Å². The molecule has 0 radical (unpaired) electrons. The van der Waals surface area contributed by atoms with Gasteiger partial charge in [0.2, 0.25) is 5.91 Å². The van der Waals surface area contributed by atoms with Crippen molar-refractivity contribution in [3.8, 4) is 0 Å². The summed E-state index contributed by atoms with van der Waals surface area (Å²) in [5.74, 6) is -0.0629. The minimum atomic E-state index is -0.845. The van der Waals surface area contributed by atoms with Crippen LogP contribution in [0.2, 0.25) is 0 Å². The van der Waals surface area contributed by atoms with Gasteiger partial charge in [0.05, 0.1) is 25.4 Å². The Bertz CT molecular complexity index is 1310. The lowest BCUT2D eigenvalue weighted by Gasteiger charge is -2.20. The molecule has 0 aromatic heterocycles. The monoisotopic (exact) mass is 1090 g/mol. The summed E-state index contributed by atoms with van der Waals surface area (Å²) in [4.78, 5) is 24.5. The van der Waals surface area contributed by atoms with Crippen molar-refractivity contribution in [3.05, 3.63) is 48.6 Å². The van der Waals surface area contributed by atoms with Crippen molar-refractivity contribution in [2.45, 2.75) is 386 Å². The zero-order valence-electron chi connectivity index (χ0n) is 52.4. The maximum atomic E-state index is 12.5. The number of rotatable bonds is 65. The summed E-state index contributed by atoms with van der Waals surface area (Å²) in [5, 5.41) is 23.2. The molecule has 0 aliphatic rings. The molecule has 0 aliphatic heterocycles. The summed E-state index contributed by atoms with van der Waals surface area (Å²) < 4.78 is 5.46. The number of nitrogens with one attached hydrogen (secondary N) is 1. The Kier molecular flexibility index (Phi) is 65.4. The van der Waals surface area contributed by atoms with Crippen molar-refractivity contribution in [3.63, 3.8) is 0 Å². The van der Waals surface area contributed by atoms with Crippen molar-refractivity contribution < 1.29 is 24.5 Å². The average Bonchev–Trinajstić information content (AvgIpc) is 3.44.